The Morgan fingerprint density at radius 1 is 1.78 bits per heavy atom. The highest BCUT2D eigenvalue weighted by atomic mass is 31.2. The Hall–Kier alpha value is 0.0669. The van der Waals surface area contributed by atoms with Crippen molar-refractivity contribution in [1.82, 2.24) is 0 Å². The first kappa shape index (κ1) is 9.07. The van der Waals surface area contributed by atoms with Crippen molar-refractivity contribution >= 4 is 18.1 Å². The molecule has 0 saturated carbocycles. The summed E-state index contributed by atoms with van der Waals surface area (Å²) in [5.74, 6) is 0. The van der Waals surface area contributed by atoms with E-state index in [0.29, 0.717) is 10.2 Å². The summed E-state index contributed by atoms with van der Waals surface area (Å²) in [6.45, 7) is 3.31. The van der Waals surface area contributed by atoms with E-state index >= 15 is 0 Å². The molecular weight excluding hydrogens is 159 g/mol. The van der Waals surface area contributed by atoms with E-state index in [1.54, 1.807) is 0 Å². The topological polar surface area (TPSA) is 66.8 Å². The molecule has 0 rings (SSSR count). The Balaban J connectivity index is 3.74. The average Bonchev–Trinajstić information content (AvgIpc) is 1.62. The predicted octanol–water partition coefficient (Wildman–Crippen LogP) is -1.03. The van der Waals surface area contributed by atoms with Crippen LogP contribution in [0.25, 0.3) is 0 Å². The molecule has 0 saturated heterocycles. The van der Waals surface area contributed by atoms with E-state index in [1.165, 1.54) is 6.08 Å². The lowest BCUT2D eigenvalue weighted by molar-refractivity contribution is 0.199. The number of rotatable bonds is 3. The van der Waals surface area contributed by atoms with Crippen molar-refractivity contribution in [3.05, 3.63) is 12.7 Å². The van der Waals surface area contributed by atoms with Crippen molar-refractivity contribution in [2.75, 3.05) is 0 Å². The molecule has 54 valence electrons. The van der Waals surface area contributed by atoms with Crippen molar-refractivity contribution in [2.24, 2.45) is 0 Å². The van der Waals surface area contributed by atoms with Crippen LogP contribution in [0.3, 0.4) is 0 Å². The normalized spacial score (nSPS) is 15.3. The van der Waals surface area contributed by atoms with Gasteiger partial charge in [-0.1, -0.05) is 6.08 Å². The smallest absolute Gasteiger partial charge is 0.303 e. The van der Waals surface area contributed by atoms with Crippen LogP contribution in [0, 0.1) is 0 Å². The summed E-state index contributed by atoms with van der Waals surface area (Å²) in [6, 6.07) is 0. The van der Waals surface area contributed by atoms with Gasteiger partial charge in [-0.15, -0.1) is 6.58 Å². The molecule has 0 aromatic carbocycles. The van der Waals surface area contributed by atoms with Gasteiger partial charge in [-0.2, -0.15) is 0 Å². The summed E-state index contributed by atoms with van der Waals surface area (Å²) in [5.41, 5.74) is -0.467. The van der Waals surface area contributed by atoms with Gasteiger partial charge in [0.05, 0.1) is 5.73 Å². The third-order valence-corrected chi connectivity index (χ3v) is 2.35. The van der Waals surface area contributed by atoms with Gasteiger partial charge in [-0.05, 0) is 0 Å². The lowest BCUT2D eigenvalue weighted by atomic mass is 10.7. The molecule has 0 radical (unpaired) electrons. The Morgan fingerprint density at radius 3 is 2.33 bits per heavy atom. The molecule has 0 heterocycles. The maximum Gasteiger partial charge on any atom is 0.469 e. The molecule has 0 aromatic heterocycles. The third kappa shape index (κ3) is 5.95. The number of phosphoric acid groups is 1. The van der Waals surface area contributed by atoms with Gasteiger partial charge in [-0.3, -0.25) is 4.52 Å². The summed E-state index contributed by atoms with van der Waals surface area (Å²) in [5, 5.41) is 0. The fourth-order valence-corrected chi connectivity index (χ4v) is 1.60. The molecule has 6 heteroatoms. The van der Waals surface area contributed by atoms with Gasteiger partial charge in [0.2, 0.25) is 0 Å². The van der Waals surface area contributed by atoms with E-state index in [0.717, 1.165) is 0 Å². The average molecular weight is 168 g/mol. The van der Waals surface area contributed by atoms with E-state index < -0.39 is 13.5 Å². The summed E-state index contributed by atoms with van der Waals surface area (Å²) in [6.07, 6.45) is 1.37. The lowest BCUT2D eigenvalue weighted by Crippen LogP contribution is -2.05. The second kappa shape index (κ2) is 3.29. The number of phosphoric ester groups is 1. The number of hydrogen-bond donors (Lipinski definition) is 2. The highest BCUT2D eigenvalue weighted by Gasteiger charge is 2.15. The van der Waals surface area contributed by atoms with Gasteiger partial charge in [0.25, 0.3) is 0 Å². The van der Waals surface area contributed by atoms with Gasteiger partial charge < -0.3 is 9.79 Å². The minimum atomic E-state index is -4.27. The molecule has 0 fully saturated rings. The molecule has 0 bridgehead atoms. The zero-order valence-electron chi connectivity index (χ0n) is 5.02. The first-order valence-electron chi connectivity index (χ1n) is 2.32. The Labute approximate surface area is 56.2 Å². The van der Waals surface area contributed by atoms with Crippen molar-refractivity contribution < 1.29 is 18.9 Å². The first-order valence-corrected chi connectivity index (χ1v) is 5.00. The van der Waals surface area contributed by atoms with Crippen LogP contribution >= 0.6 is 7.82 Å². The van der Waals surface area contributed by atoms with Gasteiger partial charge in [-0.25, -0.2) is 4.57 Å². The molecule has 1 atom stereocenters. The molecule has 1 unspecified atom stereocenters. The van der Waals surface area contributed by atoms with Crippen LogP contribution in [0.5, 0.6) is 0 Å². The molecule has 0 amide bonds. The Kier molecular flexibility index (Phi) is 3.31. The van der Waals surface area contributed by atoms with Crippen LogP contribution in [0.15, 0.2) is 12.7 Å². The van der Waals surface area contributed by atoms with E-state index in [1.807, 2.05) is 0 Å². The second-order valence-corrected chi connectivity index (χ2v) is 3.87. The first-order chi connectivity index (χ1) is 3.95. The zero-order chi connectivity index (χ0) is 7.49. The zero-order valence-corrected chi connectivity index (χ0v) is 7.91. The highest BCUT2D eigenvalue weighted by Crippen LogP contribution is 2.36. The van der Waals surface area contributed by atoms with Crippen LogP contribution in [0.2, 0.25) is 0 Å². The highest BCUT2D eigenvalue weighted by molar-refractivity contribution is 7.46. The minimum Gasteiger partial charge on any atom is -0.303 e. The molecule has 0 spiro atoms. The van der Waals surface area contributed by atoms with Gasteiger partial charge >= 0.3 is 7.82 Å². The van der Waals surface area contributed by atoms with Crippen molar-refractivity contribution in [3.8, 4) is 0 Å². The molecule has 0 aliphatic heterocycles. The minimum absolute atomic E-state index is 0.467. The second-order valence-electron chi connectivity index (χ2n) is 1.54. The summed E-state index contributed by atoms with van der Waals surface area (Å²) in [4.78, 5) is 16.4. The largest absolute Gasteiger partial charge is 0.469 e. The summed E-state index contributed by atoms with van der Waals surface area (Å²) >= 11 is 0. The van der Waals surface area contributed by atoms with Crippen molar-refractivity contribution in [1.29, 1.82) is 0 Å². The van der Waals surface area contributed by atoms with Gasteiger partial charge in [0, 0.05) is 10.2 Å². The van der Waals surface area contributed by atoms with Crippen LogP contribution in [0.1, 0.15) is 0 Å². The fourth-order valence-electron chi connectivity index (χ4n) is 0.260. The Morgan fingerprint density at radius 2 is 2.22 bits per heavy atom. The quantitative estimate of drug-likeness (QED) is 0.321. The maximum atomic E-state index is 10.0. The number of hydrogen-bond acceptors (Lipinski definition) is 2. The standard InChI is InChI=1S/C3H9O4PSi/c1-2-3(9)7-8(4,5)6/h2-3H,1H2,9H3,(H2,4,5,6). The molecule has 9 heavy (non-hydrogen) atoms. The molecule has 2 N–H and O–H groups in total. The van der Waals surface area contributed by atoms with Crippen LogP contribution in [0.4, 0.5) is 0 Å². The van der Waals surface area contributed by atoms with Crippen LogP contribution < -0.4 is 0 Å². The lowest BCUT2D eigenvalue weighted by Gasteiger charge is -2.07. The molecule has 0 aliphatic carbocycles. The fraction of sp³-hybridized carbons (Fsp3) is 0.333. The Bertz CT molecular complexity index is 141. The van der Waals surface area contributed by atoms with Crippen molar-refractivity contribution in [2.45, 2.75) is 5.73 Å². The van der Waals surface area contributed by atoms with E-state index in [4.69, 9.17) is 9.79 Å². The van der Waals surface area contributed by atoms with E-state index in [9.17, 15) is 4.57 Å². The molecule has 4 nitrogen and oxygen atoms in total. The third-order valence-electron chi connectivity index (χ3n) is 0.636. The molecule has 0 aliphatic rings. The summed E-state index contributed by atoms with van der Waals surface area (Å²) < 4.78 is 14.2. The predicted molar refractivity (Wildman–Crippen MR) is 37.1 cm³/mol. The molecule has 0 aromatic rings. The van der Waals surface area contributed by atoms with Crippen molar-refractivity contribution in [3.63, 3.8) is 0 Å². The maximum absolute atomic E-state index is 10.0. The van der Waals surface area contributed by atoms with Gasteiger partial charge in [0.1, 0.15) is 0 Å². The molecular formula is C3H9O4PSi. The SMILES string of the molecule is C=CC([SiH3])OP(=O)(O)O. The monoisotopic (exact) mass is 168 g/mol. The van der Waals surface area contributed by atoms with Gasteiger partial charge in [0.15, 0.2) is 0 Å². The van der Waals surface area contributed by atoms with E-state index in [2.05, 4.69) is 11.1 Å². The van der Waals surface area contributed by atoms with E-state index in [-0.39, 0.29) is 0 Å². The van der Waals surface area contributed by atoms with Crippen LogP contribution in [-0.4, -0.2) is 25.8 Å². The van der Waals surface area contributed by atoms with Crippen LogP contribution in [-0.2, 0) is 9.09 Å². The summed E-state index contributed by atoms with van der Waals surface area (Å²) in [7, 11) is -3.74.